The Morgan fingerprint density at radius 1 is 1.00 bits per heavy atom. The van der Waals surface area contributed by atoms with Gasteiger partial charge in [-0.05, 0) is 30.7 Å². The molecule has 0 radical (unpaired) electrons. The maximum absolute atomic E-state index is 13.2. The summed E-state index contributed by atoms with van der Waals surface area (Å²) in [5.41, 5.74) is 3.97. The molecule has 1 aliphatic carbocycles. The standard InChI is InChI=1S/C25H25FN2O/c1-18(28(22-15-16-22)17-19-11-13-21(26)14-12-19)25(29)27-24-10-6-5-9-23(24)20-7-3-2-4-8-20/h2-14,18,22H,15-17H2,1H3,(H,27,29)/p+1/t18-/m0/s1. The predicted octanol–water partition coefficient (Wildman–Crippen LogP) is 4.07. The van der Waals surface area contributed by atoms with Gasteiger partial charge in [0, 0.05) is 29.7 Å². The molecule has 0 saturated heterocycles. The van der Waals surface area contributed by atoms with Crippen LogP contribution < -0.4 is 10.2 Å². The van der Waals surface area contributed by atoms with Crippen LogP contribution >= 0.6 is 0 Å². The molecule has 1 aliphatic rings. The topological polar surface area (TPSA) is 33.5 Å². The minimum Gasteiger partial charge on any atom is -0.320 e. The summed E-state index contributed by atoms with van der Waals surface area (Å²) in [6.07, 6.45) is 2.27. The van der Waals surface area contributed by atoms with Crippen molar-refractivity contribution in [3.8, 4) is 11.1 Å². The molecular weight excluding hydrogens is 363 g/mol. The average molecular weight is 389 g/mol. The number of halogens is 1. The fourth-order valence-electron chi connectivity index (χ4n) is 3.81. The van der Waals surface area contributed by atoms with E-state index in [0.29, 0.717) is 6.04 Å². The highest BCUT2D eigenvalue weighted by molar-refractivity contribution is 5.97. The summed E-state index contributed by atoms with van der Waals surface area (Å²) >= 11 is 0. The summed E-state index contributed by atoms with van der Waals surface area (Å²) in [7, 11) is 0. The van der Waals surface area contributed by atoms with Crippen LogP contribution in [0.15, 0.2) is 78.9 Å². The maximum atomic E-state index is 13.2. The molecule has 3 nitrogen and oxygen atoms in total. The summed E-state index contributed by atoms with van der Waals surface area (Å²) < 4.78 is 13.2. The number of nitrogens with one attached hydrogen (secondary N) is 2. The number of hydrogen-bond donors (Lipinski definition) is 2. The number of amides is 1. The van der Waals surface area contributed by atoms with Crippen molar-refractivity contribution < 1.29 is 14.1 Å². The normalized spacial score (nSPS) is 15.5. The summed E-state index contributed by atoms with van der Waals surface area (Å²) in [6.45, 7) is 2.71. The van der Waals surface area contributed by atoms with Crippen molar-refractivity contribution in [2.45, 2.75) is 38.4 Å². The molecule has 3 aromatic carbocycles. The summed E-state index contributed by atoms with van der Waals surface area (Å²) in [5, 5.41) is 3.15. The second-order valence-electron chi connectivity index (χ2n) is 7.77. The number of hydrogen-bond acceptors (Lipinski definition) is 1. The predicted molar refractivity (Wildman–Crippen MR) is 114 cm³/mol. The average Bonchev–Trinajstić information content (AvgIpc) is 3.59. The van der Waals surface area contributed by atoms with E-state index in [-0.39, 0.29) is 17.8 Å². The molecule has 0 aromatic heterocycles. The van der Waals surface area contributed by atoms with Crippen molar-refractivity contribution in [2.24, 2.45) is 0 Å². The van der Waals surface area contributed by atoms with E-state index in [1.54, 1.807) is 0 Å². The van der Waals surface area contributed by atoms with Crippen LogP contribution in [0.2, 0.25) is 0 Å². The van der Waals surface area contributed by atoms with Crippen molar-refractivity contribution in [1.29, 1.82) is 0 Å². The molecule has 3 aromatic rings. The Balaban J connectivity index is 1.51. The number of quaternary nitrogens is 1. The quantitative estimate of drug-likeness (QED) is 0.628. The van der Waals surface area contributed by atoms with Crippen molar-refractivity contribution >= 4 is 11.6 Å². The summed E-state index contributed by atoms with van der Waals surface area (Å²) in [4.78, 5) is 14.4. The first-order valence-electron chi connectivity index (χ1n) is 10.2. The van der Waals surface area contributed by atoms with Gasteiger partial charge in [0.25, 0.3) is 5.91 Å². The van der Waals surface area contributed by atoms with Gasteiger partial charge in [-0.3, -0.25) is 4.79 Å². The van der Waals surface area contributed by atoms with Gasteiger partial charge in [-0.25, -0.2) is 4.39 Å². The number of benzene rings is 3. The molecule has 1 saturated carbocycles. The molecule has 29 heavy (non-hydrogen) atoms. The number of carbonyl (C=O) groups excluding carboxylic acids is 1. The molecule has 1 amide bonds. The van der Waals surface area contributed by atoms with Crippen LogP contribution in [0.5, 0.6) is 0 Å². The minimum atomic E-state index is -0.231. The van der Waals surface area contributed by atoms with Gasteiger partial charge >= 0.3 is 0 Å². The Hall–Kier alpha value is -2.98. The first kappa shape index (κ1) is 19.3. The lowest BCUT2D eigenvalue weighted by molar-refractivity contribution is -0.938. The van der Waals surface area contributed by atoms with Crippen molar-refractivity contribution in [2.75, 3.05) is 5.32 Å². The van der Waals surface area contributed by atoms with E-state index in [1.165, 1.54) is 17.0 Å². The molecule has 0 aliphatic heterocycles. The lowest BCUT2D eigenvalue weighted by atomic mass is 10.0. The second kappa shape index (κ2) is 8.58. The van der Waals surface area contributed by atoms with Crippen molar-refractivity contribution in [3.05, 3.63) is 90.2 Å². The van der Waals surface area contributed by atoms with E-state index in [1.807, 2.05) is 73.7 Å². The number of anilines is 1. The highest BCUT2D eigenvalue weighted by atomic mass is 19.1. The van der Waals surface area contributed by atoms with Crippen molar-refractivity contribution in [3.63, 3.8) is 0 Å². The third-order valence-corrected chi connectivity index (χ3v) is 5.64. The monoisotopic (exact) mass is 389 g/mol. The van der Waals surface area contributed by atoms with E-state index >= 15 is 0 Å². The zero-order chi connectivity index (χ0) is 20.2. The highest BCUT2D eigenvalue weighted by Gasteiger charge is 2.39. The van der Waals surface area contributed by atoms with Gasteiger partial charge in [0.05, 0.1) is 6.04 Å². The number of para-hydroxylation sites is 1. The Morgan fingerprint density at radius 3 is 2.34 bits per heavy atom. The summed E-state index contributed by atoms with van der Waals surface area (Å²) in [5.74, 6) is -0.220. The molecule has 0 heterocycles. The SMILES string of the molecule is C[C@@H](C(=O)Nc1ccccc1-c1ccccc1)[NH+](Cc1ccc(F)cc1)C1CC1. The minimum absolute atomic E-state index is 0.0115. The zero-order valence-corrected chi connectivity index (χ0v) is 16.6. The zero-order valence-electron chi connectivity index (χ0n) is 16.6. The van der Waals surface area contributed by atoms with Gasteiger partial charge in [0.15, 0.2) is 6.04 Å². The largest absolute Gasteiger partial charge is 0.320 e. The van der Waals surface area contributed by atoms with E-state index < -0.39 is 0 Å². The second-order valence-corrected chi connectivity index (χ2v) is 7.77. The molecule has 2 atom stereocenters. The smallest absolute Gasteiger partial charge is 0.282 e. The maximum Gasteiger partial charge on any atom is 0.282 e. The fourth-order valence-corrected chi connectivity index (χ4v) is 3.81. The molecule has 2 N–H and O–H groups in total. The first-order chi connectivity index (χ1) is 14.1. The molecule has 4 heteroatoms. The van der Waals surface area contributed by atoms with E-state index in [9.17, 15) is 9.18 Å². The fraction of sp³-hybridized carbons (Fsp3) is 0.240. The van der Waals surface area contributed by atoms with E-state index in [4.69, 9.17) is 0 Å². The van der Waals surface area contributed by atoms with Gasteiger partial charge in [0.2, 0.25) is 0 Å². The van der Waals surface area contributed by atoms with Crippen LogP contribution in [0.4, 0.5) is 10.1 Å². The Kier molecular flexibility index (Phi) is 5.72. The van der Waals surface area contributed by atoms with Crippen LogP contribution in [0.1, 0.15) is 25.3 Å². The third-order valence-electron chi connectivity index (χ3n) is 5.64. The highest BCUT2D eigenvalue weighted by Crippen LogP contribution is 2.27. The molecule has 4 rings (SSSR count). The molecular formula is C25H26FN2O+. The summed E-state index contributed by atoms with van der Waals surface area (Å²) in [6, 6.07) is 24.9. The van der Waals surface area contributed by atoms with Gasteiger partial charge in [-0.2, -0.15) is 0 Å². The lowest BCUT2D eigenvalue weighted by Crippen LogP contribution is -3.16. The molecule has 1 unspecified atom stereocenters. The van der Waals surface area contributed by atoms with Crippen LogP contribution in [0.3, 0.4) is 0 Å². The van der Waals surface area contributed by atoms with Gasteiger partial charge < -0.3 is 10.2 Å². The first-order valence-corrected chi connectivity index (χ1v) is 10.2. The van der Waals surface area contributed by atoms with E-state index in [0.717, 1.165) is 41.8 Å². The molecule has 1 fully saturated rings. The Bertz CT molecular complexity index is 968. The molecule has 0 spiro atoms. The van der Waals surface area contributed by atoms with E-state index in [2.05, 4.69) is 5.32 Å². The Morgan fingerprint density at radius 2 is 1.66 bits per heavy atom. The third kappa shape index (κ3) is 4.72. The number of rotatable bonds is 7. The van der Waals surface area contributed by atoms with Gasteiger partial charge in [-0.15, -0.1) is 0 Å². The molecule has 148 valence electrons. The van der Waals surface area contributed by atoms with Gasteiger partial charge in [0.1, 0.15) is 12.4 Å². The lowest BCUT2D eigenvalue weighted by Gasteiger charge is -2.26. The van der Waals surface area contributed by atoms with Crippen LogP contribution in [0.25, 0.3) is 11.1 Å². The van der Waals surface area contributed by atoms with Crippen LogP contribution in [0, 0.1) is 5.82 Å². The van der Waals surface area contributed by atoms with Crippen LogP contribution in [-0.2, 0) is 11.3 Å². The van der Waals surface area contributed by atoms with Crippen LogP contribution in [-0.4, -0.2) is 18.0 Å². The Labute approximate surface area is 171 Å². The number of carbonyl (C=O) groups is 1. The molecule has 0 bridgehead atoms. The van der Waals surface area contributed by atoms with Gasteiger partial charge in [-0.1, -0.05) is 60.7 Å². The van der Waals surface area contributed by atoms with Crippen molar-refractivity contribution in [1.82, 2.24) is 0 Å².